The molecule has 0 saturated heterocycles. The van der Waals surface area contributed by atoms with Crippen LogP contribution >= 0.6 is 0 Å². The third-order valence-corrected chi connectivity index (χ3v) is 2.34. The summed E-state index contributed by atoms with van der Waals surface area (Å²) >= 11 is 0. The molecule has 0 bridgehead atoms. The van der Waals surface area contributed by atoms with Crippen LogP contribution in [0.3, 0.4) is 0 Å². The molecule has 0 unspecified atom stereocenters. The third kappa shape index (κ3) is 2.56. The number of benzene rings is 1. The van der Waals surface area contributed by atoms with E-state index in [4.69, 9.17) is 0 Å². The molecule has 0 aliphatic carbocycles. The molecule has 0 amide bonds. The summed E-state index contributed by atoms with van der Waals surface area (Å²) in [6, 6.07) is 10.3. The summed E-state index contributed by atoms with van der Waals surface area (Å²) in [4.78, 5) is 4.17. The lowest BCUT2D eigenvalue weighted by Crippen LogP contribution is -1.95. The fourth-order valence-electron chi connectivity index (χ4n) is 1.46. The van der Waals surface area contributed by atoms with Crippen LogP contribution in [0.1, 0.15) is 11.4 Å². The quantitative estimate of drug-likeness (QED) is 0.741. The maximum Gasteiger partial charge on any atom is 0.105 e. The van der Waals surface area contributed by atoms with Gasteiger partial charge in [-0.2, -0.15) is 0 Å². The number of aromatic nitrogens is 2. The Labute approximate surface area is 89.9 Å². The highest BCUT2D eigenvalue weighted by molar-refractivity contribution is 5.48. The highest BCUT2D eigenvalue weighted by atomic mass is 15.0. The van der Waals surface area contributed by atoms with E-state index >= 15 is 0 Å². The molecule has 76 valence electrons. The first kappa shape index (κ1) is 9.71. The Bertz CT molecular complexity index is 441. The highest BCUT2D eigenvalue weighted by Gasteiger charge is 1.91. The molecule has 0 aliphatic heterocycles. The van der Waals surface area contributed by atoms with Gasteiger partial charge in [0.1, 0.15) is 5.82 Å². The molecule has 1 aromatic heterocycles. The van der Waals surface area contributed by atoms with Crippen molar-refractivity contribution in [2.75, 3.05) is 0 Å². The summed E-state index contributed by atoms with van der Waals surface area (Å²) in [6.45, 7) is 2.89. The van der Waals surface area contributed by atoms with Crippen LogP contribution in [0.4, 0.5) is 0 Å². The number of hydrogen-bond acceptors (Lipinski definition) is 1. The van der Waals surface area contributed by atoms with Crippen LogP contribution < -0.4 is 0 Å². The number of nitrogens with zero attached hydrogens (tertiary/aromatic N) is 2. The van der Waals surface area contributed by atoms with E-state index in [1.54, 1.807) is 0 Å². The van der Waals surface area contributed by atoms with Gasteiger partial charge in [0.15, 0.2) is 0 Å². The molecule has 0 radical (unpaired) electrons. The average Bonchev–Trinajstić information content (AvgIpc) is 2.66. The van der Waals surface area contributed by atoms with Crippen LogP contribution in [0.2, 0.25) is 0 Å². The van der Waals surface area contributed by atoms with Gasteiger partial charge in [-0.25, -0.2) is 4.98 Å². The van der Waals surface area contributed by atoms with E-state index in [0.717, 1.165) is 12.4 Å². The molecule has 2 rings (SSSR count). The van der Waals surface area contributed by atoms with Crippen molar-refractivity contribution >= 4 is 6.08 Å². The molecule has 15 heavy (non-hydrogen) atoms. The summed E-state index contributed by atoms with van der Waals surface area (Å²) in [6.07, 6.45) is 8.08. The Morgan fingerprint density at radius 1 is 1.27 bits per heavy atom. The predicted molar refractivity (Wildman–Crippen MR) is 62.4 cm³/mol. The van der Waals surface area contributed by atoms with Crippen LogP contribution in [-0.4, -0.2) is 9.55 Å². The number of imidazole rings is 1. The second kappa shape index (κ2) is 4.60. The van der Waals surface area contributed by atoms with E-state index in [0.29, 0.717) is 0 Å². The van der Waals surface area contributed by atoms with Crippen molar-refractivity contribution in [2.45, 2.75) is 13.5 Å². The minimum absolute atomic E-state index is 0.876. The first-order valence-electron chi connectivity index (χ1n) is 5.05. The minimum Gasteiger partial charge on any atom is -0.331 e. The van der Waals surface area contributed by atoms with Crippen molar-refractivity contribution in [3.63, 3.8) is 0 Å². The summed E-state index contributed by atoms with van der Waals surface area (Å²) in [5.74, 6) is 1.05. The maximum absolute atomic E-state index is 4.17. The van der Waals surface area contributed by atoms with Gasteiger partial charge in [-0.3, -0.25) is 0 Å². The minimum atomic E-state index is 0.876. The van der Waals surface area contributed by atoms with Crippen LogP contribution in [0, 0.1) is 6.92 Å². The molecule has 2 aromatic rings. The van der Waals surface area contributed by atoms with Gasteiger partial charge in [-0.05, 0) is 12.5 Å². The zero-order valence-electron chi connectivity index (χ0n) is 8.80. The van der Waals surface area contributed by atoms with Gasteiger partial charge in [0.2, 0.25) is 0 Å². The van der Waals surface area contributed by atoms with E-state index in [1.807, 2.05) is 37.5 Å². The van der Waals surface area contributed by atoms with Crippen LogP contribution in [-0.2, 0) is 6.54 Å². The first-order chi connectivity index (χ1) is 7.36. The first-order valence-corrected chi connectivity index (χ1v) is 5.05. The van der Waals surface area contributed by atoms with Crippen molar-refractivity contribution in [1.82, 2.24) is 9.55 Å². The van der Waals surface area contributed by atoms with E-state index in [9.17, 15) is 0 Å². The van der Waals surface area contributed by atoms with E-state index < -0.39 is 0 Å². The van der Waals surface area contributed by atoms with Gasteiger partial charge in [-0.15, -0.1) is 0 Å². The van der Waals surface area contributed by atoms with Crippen molar-refractivity contribution in [2.24, 2.45) is 0 Å². The Hall–Kier alpha value is -1.83. The van der Waals surface area contributed by atoms with E-state index in [1.165, 1.54) is 5.56 Å². The Morgan fingerprint density at radius 2 is 2.07 bits per heavy atom. The maximum atomic E-state index is 4.17. The van der Waals surface area contributed by atoms with Gasteiger partial charge in [0.25, 0.3) is 0 Å². The lowest BCUT2D eigenvalue weighted by Gasteiger charge is -1.99. The number of rotatable bonds is 3. The largest absolute Gasteiger partial charge is 0.331 e. The average molecular weight is 198 g/mol. The van der Waals surface area contributed by atoms with Gasteiger partial charge >= 0.3 is 0 Å². The molecule has 0 spiro atoms. The van der Waals surface area contributed by atoms with Crippen molar-refractivity contribution in [3.05, 3.63) is 60.2 Å². The van der Waals surface area contributed by atoms with E-state index in [2.05, 4.69) is 33.8 Å². The van der Waals surface area contributed by atoms with Crippen molar-refractivity contribution in [1.29, 1.82) is 0 Å². The molecule has 2 heteroatoms. The summed E-state index contributed by atoms with van der Waals surface area (Å²) in [5.41, 5.74) is 1.23. The Balaban J connectivity index is 2.00. The summed E-state index contributed by atoms with van der Waals surface area (Å²) in [5, 5.41) is 0. The van der Waals surface area contributed by atoms with Crippen LogP contribution in [0.5, 0.6) is 0 Å². The second-order valence-electron chi connectivity index (χ2n) is 3.44. The van der Waals surface area contributed by atoms with E-state index in [-0.39, 0.29) is 0 Å². The molecule has 2 nitrogen and oxygen atoms in total. The van der Waals surface area contributed by atoms with Gasteiger partial charge in [0, 0.05) is 18.9 Å². The predicted octanol–water partition coefficient (Wildman–Crippen LogP) is 2.90. The second-order valence-corrected chi connectivity index (χ2v) is 3.44. The number of hydrogen-bond donors (Lipinski definition) is 0. The summed E-state index contributed by atoms with van der Waals surface area (Å²) in [7, 11) is 0. The molecule has 0 N–H and O–H groups in total. The Kier molecular flexibility index (Phi) is 2.98. The fraction of sp³-hybridized carbons (Fsp3) is 0.154. The van der Waals surface area contributed by atoms with Crippen LogP contribution in [0.15, 0.2) is 48.8 Å². The zero-order valence-corrected chi connectivity index (χ0v) is 8.80. The molecule has 0 fully saturated rings. The molecule has 0 saturated carbocycles. The fourth-order valence-corrected chi connectivity index (χ4v) is 1.46. The highest BCUT2D eigenvalue weighted by Crippen LogP contribution is 2.02. The van der Waals surface area contributed by atoms with Crippen molar-refractivity contribution < 1.29 is 0 Å². The number of aryl methyl sites for hydroxylation is 1. The molecule has 1 heterocycles. The van der Waals surface area contributed by atoms with Gasteiger partial charge < -0.3 is 4.57 Å². The molecule has 1 aromatic carbocycles. The Morgan fingerprint density at radius 3 is 2.73 bits per heavy atom. The molecule has 0 atom stereocenters. The topological polar surface area (TPSA) is 17.8 Å². The molecule has 0 aliphatic rings. The lowest BCUT2D eigenvalue weighted by molar-refractivity contribution is 0.783. The molecular weight excluding hydrogens is 184 g/mol. The SMILES string of the molecule is Cc1nccn1C/C=C/c1ccccc1. The third-order valence-electron chi connectivity index (χ3n) is 2.34. The lowest BCUT2D eigenvalue weighted by atomic mass is 10.2. The van der Waals surface area contributed by atoms with Crippen LogP contribution in [0.25, 0.3) is 6.08 Å². The smallest absolute Gasteiger partial charge is 0.105 e. The molecular formula is C13H14N2. The monoisotopic (exact) mass is 198 g/mol. The summed E-state index contributed by atoms with van der Waals surface area (Å²) < 4.78 is 2.11. The van der Waals surface area contributed by atoms with Gasteiger partial charge in [-0.1, -0.05) is 42.5 Å². The zero-order chi connectivity index (χ0) is 10.5. The van der Waals surface area contributed by atoms with Crippen molar-refractivity contribution in [3.8, 4) is 0 Å². The number of allylic oxidation sites excluding steroid dienone is 1. The normalized spacial score (nSPS) is 11.0. The van der Waals surface area contributed by atoms with Gasteiger partial charge in [0.05, 0.1) is 0 Å². The standard InChI is InChI=1S/C13H14N2/c1-12-14-9-11-15(12)10-5-8-13-6-3-2-4-7-13/h2-9,11H,10H2,1H3/b8-5+.